The zero-order chi connectivity index (χ0) is 13.1. The molecule has 0 atom stereocenters. The van der Waals surface area contributed by atoms with Gasteiger partial charge in [-0.25, -0.2) is 4.79 Å². The van der Waals surface area contributed by atoms with Gasteiger partial charge in [-0.15, -0.1) is 0 Å². The normalized spacial score (nSPS) is 11.7. The van der Waals surface area contributed by atoms with Crippen molar-refractivity contribution in [3.05, 3.63) is 11.3 Å². The zero-order valence-electron chi connectivity index (χ0n) is 11.0. The summed E-state index contributed by atoms with van der Waals surface area (Å²) >= 11 is 0. The number of hydrogen-bond acceptors (Lipinski definition) is 3. The Morgan fingerprint density at radius 1 is 1.24 bits per heavy atom. The number of carbonyl (C=O) groups is 2. The van der Waals surface area contributed by atoms with Crippen molar-refractivity contribution in [1.82, 2.24) is 5.32 Å². The van der Waals surface area contributed by atoms with Crippen molar-refractivity contribution in [3.63, 3.8) is 0 Å². The Morgan fingerprint density at radius 2 is 1.94 bits per heavy atom. The molecular formula is C13H23NO3. The molecule has 0 rings (SSSR count). The van der Waals surface area contributed by atoms with Crippen LogP contribution in [0.1, 0.15) is 52.9 Å². The van der Waals surface area contributed by atoms with Gasteiger partial charge in [-0.05, 0) is 32.3 Å². The van der Waals surface area contributed by atoms with Gasteiger partial charge in [0.25, 0.3) is 0 Å². The van der Waals surface area contributed by atoms with E-state index in [9.17, 15) is 9.59 Å². The third kappa shape index (κ3) is 6.76. The minimum atomic E-state index is -0.451. The maximum atomic E-state index is 11.6. The lowest BCUT2D eigenvalue weighted by atomic mass is 10.1. The molecule has 0 saturated heterocycles. The summed E-state index contributed by atoms with van der Waals surface area (Å²) in [6.07, 6.45) is 5.88. The van der Waals surface area contributed by atoms with Crippen molar-refractivity contribution in [2.75, 3.05) is 6.61 Å². The number of rotatable bonds is 9. The molecule has 1 amide bonds. The predicted molar refractivity (Wildman–Crippen MR) is 67.3 cm³/mol. The van der Waals surface area contributed by atoms with Crippen LogP contribution in [0.3, 0.4) is 0 Å². The Hall–Kier alpha value is -1.32. The van der Waals surface area contributed by atoms with Gasteiger partial charge < -0.3 is 10.1 Å². The van der Waals surface area contributed by atoms with E-state index in [2.05, 4.69) is 12.2 Å². The van der Waals surface area contributed by atoms with Crippen LogP contribution < -0.4 is 5.32 Å². The number of amides is 1. The van der Waals surface area contributed by atoms with E-state index >= 15 is 0 Å². The molecule has 0 aromatic rings. The lowest BCUT2D eigenvalue weighted by Gasteiger charge is -2.10. The van der Waals surface area contributed by atoms with E-state index in [1.807, 2.05) is 6.92 Å². The molecule has 0 aromatic carbocycles. The number of esters is 1. The minimum Gasteiger partial charge on any atom is -0.461 e. The van der Waals surface area contributed by atoms with E-state index in [0.29, 0.717) is 18.7 Å². The highest BCUT2D eigenvalue weighted by Crippen LogP contribution is 2.13. The summed E-state index contributed by atoms with van der Waals surface area (Å²) in [7, 11) is 0. The number of carbonyl (C=O) groups excluding carboxylic acids is 2. The molecular weight excluding hydrogens is 218 g/mol. The van der Waals surface area contributed by atoms with Crippen LogP contribution in [0.4, 0.5) is 0 Å². The molecule has 17 heavy (non-hydrogen) atoms. The first-order valence-electron chi connectivity index (χ1n) is 6.24. The van der Waals surface area contributed by atoms with Crippen molar-refractivity contribution in [2.45, 2.75) is 52.9 Å². The highest BCUT2D eigenvalue weighted by molar-refractivity contribution is 5.90. The first kappa shape index (κ1) is 15.7. The molecule has 0 aromatic heterocycles. The van der Waals surface area contributed by atoms with Crippen molar-refractivity contribution in [3.8, 4) is 0 Å². The van der Waals surface area contributed by atoms with Crippen LogP contribution in [-0.4, -0.2) is 19.0 Å². The molecule has 98 valence electrons. The van der Waals surface area contributed by atoms with Crippen LogP contribution >= 0.6 is 0 Å². The Kier molecular flexibility index (Phi) is 9.11. The highest BCUT2D eigenvalue weighted by Gasteiger charge is 2.13. The van der Waals surface area contributed by atoms with Crippen LogP contribution in [-0.2, 0) is 14.3 Å². The second kappa shape index (κ2) is 9.87. The van der Waals surface area contributed by atoms with Crippen LogP contribution in [0.5, 0.6) is 0 Å². The summed E-state index contributed by atoms with van der Waals surface area (Å²) < 4.78 is 4.89. The maximum Gasteiger partial charge on any atom is 0.354 e. The fourth-order valence-electron chi connectivity index (χ4n) is 1.56. The average Bonchev–Trinajstić information content (AvgIpc) is 2.31. The summed E-state index contributed by atoms with van der Waals surface area (Å²) in [4.78, 5) is 22.0. The molecule has 0 radical (unpaired) electrons. The van der Waals surface area contributed by atoms with Gasteiger partial charge in [-0.1, -0.05) is 26.2 Å². The van der Waals surface area contributed by atoms with Crippen LogP contribution in [0, 0.1) is 0 Å². The summed E-state index contributed by atoms with van der Waals surface area (Å²) in [5, 5.41) is 2.43. The molecule has 0 heterocycles. The summed E-state index contributed by atoms with van der Waals surface area (Å²) in [6, 6.07) is 0. The van der Waals surface area contributed by atoms with Gasteiger partial charge in [0.05, 0.1) is 6.61 Å². The Bertz CT molecular complexity index is 272. The zero-order valence-corrected chi connectivity index (χ0v) is 11.0. The minimum absolute atomic E-state index is 0.290. The third-order valence-electron chi connectivity index (χ3n) is 2.51. The van der Waals surface area contributed by atoms with Crippen LogP contribution in [0.15, 0.2) is 11.3 Å². The van der Waals surface area contributed by atoms with Crippen molar-refractivity contribution < 1.29 is 14.3 Å². The van der Waals surface area contributed by atoms with Gasteiger partial charge in [-0.2, -0.15) is 0 Å². The van der Waals surface area contributed by atoms with Crippen molar-refractivity contribution in [2.24, 2.45) is 0 Å². The quantitative estimate of drug-likeness (QED) is 0.292. The average molecular weight is 241 g/mol. The molecule has 1 N–H and O–H groups in total. The molecule has 0 bridgehead atoms. The Morgan fingerprint density at radius 3 is 2.47 bits per heavy atom. The largest absolute Gasteiger partial charge is 0.461 e. The van der Waals surface area contributed by atoms with Crippen LogP contribution in [0.25, 0.3) is 0 Å². The smallest absolute Gasteiger partial charge is 0.354 e. The molecule has 0 unspecified atom stereocenters. The monoisotopic (exact) mass is 241 g/mol. The molecule has 0 saturated carbocycles. The number of unbranched alkanes of at least 4 members (excludes halogenated alkanes) is 3. The van der Waals surface area contributed by atoms with Gasteiger partial charge in [0, 0.05) is 0 Å². The SMILES string of the molecule is CCCCCCC(C)=C(NC=O)C(=O)OCC. The lowest BCUT2D eigenvalue weighted by Crippen LogP contribution is -2.22. The molecule has 4 nitrogen and oxygen atoms in total. The van der Waals surface area contributed by atoms with Gasteiger partial charge in [0.1, 0.15) is 5.70 Å². The molecule has 0 aliphatic carbocycles. The number of ether oxygens (including phenoxy) is 1. The lowest BCUT2D eigenvalue weighted by molar-refractivity contribution is -0.139. The number of allylic oxidation sites excluding steroid dienone is 1. The fourth-order valence-corrected chi connectivity index (χ4v) is 1.56. The van der Waals surface area contributed by atoms with E-state index in [4.69, 9.17) is 4.74 Å². The Balaban J connectivity index is 4.40. The van der Waals surface area contributed by atoms with Crippen molar-refractivity contribution in [1.29, 1.82) is 0 Å². The Labute approximate surface area is 103 Å². The van der Waals surface area contributed by atoms with Crippen molar-refractivity contribution >= 4 is 12.4 Å². The van der Waals surface area contributed by atoms with E-state index < -0.39 is 5.97 Å². The van der Waals surface area contributed by atoms with E-state index in [1.165, 1.54) is 12.8 Å². The number of nitrogens with one attached hydrogen (secondary N) is 1. The maximum absolute atomic E-state index is 11.6. The number of hydrogen-bond donors (Lipinski definition) is 1. The summed E-state index contributed by atoms with van der Waals surface area (Å²) in [5.74, 6) is -0.451. The van der Waals surface area contributed by atoms with Gasteiger partial charge >= 0.3 is 5.97 Å². The second-order valence-corrected chi connectivity index (χ2v) is 3.95. The second-order valence-electron chi connectivity index (χ2n) is 3.95. The molecule has 0 aliphatic heterocycles. The predicted octanol–water partition coefficient (Wildman–Crippen LogP) is 2.54. The van der Waals surface area contributed by atoms with Gasteiger partial charge in [0.2, 0.25) is 6.41 Å². The van der Waals surface area contributed by atoms with E-state index in [-0.39, 0.29) is 0 Å². The summed E-state index contributed by atoms with van der Waals surface area (Å²) in [6.45, 7) is 6.06. The molecule has 4 heteroatoms. The van der Waals surface area contributed by atoms with E-state index in [0.717, 1.165) is 24.8 Å². The highest BCUT2D eigenvalue weighted by atomic mass is 16.5. The first-order valence-corrected chi connectivity index (χ1v) is 6.24. The standard InChI is InChI=1S/C13H23NO3/c1-4-6-7-8-9-11(3)12(14-10-15)13(16)17-5-2/h10H,4-9H2,1-3H3,(H,14,15). The molecule has 0 fully saturated rings. The van der Waals surface area contributed by atoms with Gasteiger partial charge in [-0.3, -0.25) is 4.79 Å². The molecule has 0 aliphatic rings. The summed E-state index contributed by atoms with van der Waals surface area (Å²) in [5.41, 5.74) is 1.17. The van der Waals surface area contributed by atoms with Gasteiger partial charge in [0.15, 0.2) is 0 Å². The topological polar surface area (TPSA) is 55.4 Å². The van der Waals surface area contributed by atoms with Crippen LogP contribution in [0.2, 0.25) is 0 Å². The molecule has 0 spiro atoms. The fraction of sp³-hybridized carbons (Fsp3) is 0.692. The third-order valence-corrected chi connectivity index (χ3v) is 2.51. The van der Waals surface area contributed by atoms with E-state index in [1.54, 1.807) is 6.92 Å². The first-order chi connectivity index (χ1) is 8.17.